The summed E-state index contributed by atoms with van der Waals surface area (Å²) in [5, 5.41) is 4.08. The predicted molar refractivity (Wildman–Crippen MR) is 50.5 cm³/mol. The summed E-state index contributed by atoms with van der Waals surface area (Å²) in [6.07, 6.45) is 5.09. The lowest BCUT2D eigenvalue weighted by Crippen LogP contribution is -1.99. The molecular formula is C9H10N4. The van der Waals surface area contributed by atoms with E-state index in [1.807, 2.05) is 19.1 Å². The Morgan fingerprint density at radius 2 is 2.31 bits per heavy atom. The Hall–Kier alpha value is -1.84. The molecule has 0 aliphatic heterocycles. The maximum Gasteiger partial charge on any atom is 0.156 e. The summed E-state index contributed by atoms with van der Waals surface area (Å²) in [4.78, 5) is 4.21. The fraction of sp³-hybridized carbons (Fsp3) is 0.111. The smallest absolute Gasteiger partial charge is 0.156 e. The summed E-state index contributed by atoms with van der Waals surface area (Å²) >= 11 is 0. The monoisotopic (exact) mass is 174 g/mol. The number of hydrogen-bond acceptors (Lipinski definition) is 3. The zero-order valence-electron chi connectivity index (χ0n) is 7.31. The highest BCUT2D eigenvalue weighted by Gasteiger charge is 2.01. The van der Waals surface area contributed by atoms with Gasteiger partial charge >= 0.3 is 0 Å². The number of nitrogens with zero attached hydrogens (tertiary/aromatic N) is 3. The average molecular weight is 174 g/mol. The van der Waals surface area contributed by atoms with Gasteiger partial charge in [0.15, 0.2) is 5.82 Å². The van der Waals surface area contributed by atoms with E-state index in [0.29, 0.717) is 5.69 Å². The van der Waals surface area contributed by atoms with E-state index in [0.717, 1.165) is 11.4 Å². The molecule has 2 aromatic heterocycles. The Morgan fingerprint density at radius 3 is 2.92 bits per heavy atom. The van der Waals surface area contributed by atoms with Crippen LogP contribution < -0.4 is 5.73 Å². The topological polar surface area (TPSA) is 56.7 Å². The first-order valence-corrected chi connectivity index (χ1v) is 3.99. The minimum absolute atomic E-state index is 0.644. The van der Waals surface area contributed by atoms with Crippen molar-refractivity contribution in [2.75, 3.05) is 5.73 Å². The lowest BCUT2D eigenvalue weighted by molar-refractivity contribution is 0.838. The van der Waals surface area contributed by atoms with E-state index in [4.69, 9.17) is 5.73 Å². The molecule has 13 heavy (non-hydrogen) atoms. The molecule has 0 spiro atoms. The van der Waals surface area contributed by atoms with Gasteiger partial charge in [-0.05, 0) is 18.6 Å². The first kappa shape index (κ1) is 7.79. The van der Waals surface area contributed by atoms with Gasteiger partial charge in [0.1, 0.15) is 0 Å². The Morgan fingerprint density at radius 1 is 1.46 bits per heavy atom. The SMILES string of the molecule is Cc1cccnc1-n1cc(N)cn1. The van der Waals surface area contributed by atoms with Crippen molar-refractivity contribution in [2.45, 2.75) is 6.92 Å². The van der Waals surface area contributed by atoms with E-state index in [9.17, 15) is 0 Å². The molecule has 4 nitrogen and oxygen atoms in total. The van der Waals surface area contributed by atoms with Crippen LogP contribution in [-0.2, 0) is 0 Å². The van der Waals surface area contributed by atoms with Crippen molar-refractivity contribution in [3.8, 4) is 5.82 Å². The van der Waals surface area contributed by atoms with Crippen LogP contribution in [-0.4, -0.2) is 14.8 Å². The molecule has 66 valence electrons. The van der Waals surface area contributed by atoms with Gasteiger partial charge in [0.2, 0.25) is 0 Å². The summed E-state index contributed by atoms with van der Waals surface area (Å²) in [5.41, 5.74) is 7.27. The highest BCUT2D eigenvalue weighted by molar-refractivity contribution is 5.37. The first-order chi connectivity index (χ1) is 6.27. The lowest BCUT2D eigenvalue weighted by Gasteiger charge is -2.02. The van der Waals surface area contributed by atoms with Crippen LogP contribution in [0, 0.1) is 6.92 Å². The van der Waals surface area contributed by atoms with Gasteiger partial charge < -0.3 is 5.73 Å². The van der Waals surface area contributed by atoms with Gasteiger partial charge in [0.05, 0.1) is 18.1 Å². The maximum atomic E-state index is 5.55. The second-order valence-corrected chi connectivity index (χ2v) is 2.86. The van der Waals surface area contributed by atoms with Crippen LogP contribution in [0.15, 0.2) is 30.7 Å². The molecule has 0 fully saturated rings. The Bertz CT molecular complexity index is 419. The van der Waals surface area contributed by atoms with Gasteiger partial charge in [-0.3, -0.25) is 0 Å². The third-order valence-corrected chi connectivity index (χ3v) is 1.80. The van der Waals surface area contributed by atoms with E-state index < -0.39 is 0 Å². The molecule has 0 bridgehead atoms. The second-order valence-electron chi connectivity index (χ2n) is 2.86. The predicted octanol–water partition coefficient (Wildman–Crippen LogP) is 1.16. The summed E-state index contributed by atoms with van der Waals surface area (Å²) in [7, 11) is 0. The van der Waals surface area contributed by atoms with Gasteiger partial charge in [0, 0.05) is 6.20 Å². The van der Waals surface area contributed by atoms with Crippen LogP contribution in [0.2, 0.25) is 0 Å². The number of rotatable bonds is 1. The van der Waals surface area contributed by atoms with Crippen molar-refractivity contribution in [3.05, 3.63) is 36.3 Å². The third kappa shape index (κ3) is 1.38. The van der Waals surface area contributed by atoms with Gasteiger partial charge in [-0.1, -0.05) is 6.07 Å². The van der Waals surface area contributed by atoms with Crippen molar-refractivity contribution >= 4 is 5.69 Å². The minimum Gasteiger partial charge on any atom is -0.396 e. The lowest BCUT2D eigenvalue weighted by atomic mass is 10.3. The Labute approximate surface area is 76.0 Å². The van der Waals surface area contributed by atoms with Gasteiger partial charge in [-0.2, -0.15) is 5.10 Å². The molecule has 0 unspecified atom stereocenters. The second kappa shape index (κ2) is 2.90. The van der Waals surface area contributed by atoms with E-state index in [1.165, 1.54) is 0 Å². The minimum atomic E-state index is 0.644. The number of aryl methyl sites for hydroxylation is 1. The molecule has 0 radical (unpaired) electrons. The number of nitrogens with two attached hydrogens (primary N) is 1. The molecule has 2 aromatic rings. The van der Waals surface area contributed by atoms with Gasteiger partial charge in [-0.25, -0.2) is 9.67 Å². The zero-order chi connectivity index (χ0) is 9.26. The standard InChI is InChI=1S/C9H10N4/c1-7-3-2-4-11-9(7)13-6-8(10)5-12-13/h2-6H,10H2,1H3. The van der Waals surface area contributed by atoms with E-state index >= 15 is 0 Å². The van der Waals surface area contributed by atoms with Crippen molar-refractivity contribution in [1.29, 1.82) is 0 Å². The van der Waals surface area contributed by atoms with E-state index in [-0.39, 0.29) is 0 Å². The van der Waals surface area contributed by atoms with E-state index in [1.54, 1.807) is 23.3 Å². The van der Waals surface area contributed by atoms with Crippen molar-refractivity contribution in [3.63, 3.8) is 0 Å². The number of hydrogen-bond donors (Lipinski definition) is 1. The largest absolute Gasteiger partial charge is 0.396 e. The number of nitrogen functional groups attached to an aromatic ring is 1. The molecule has 4 heteroatoms. The summed E-state index contributed by atoms with van der Waals surface area (Å²) in [6.45, 7) is 1.99. The van der Waals surface area contributed by atoms with Crippen LogP contribution in [0.3, 0.4) is 0 Å². The quantitative estimate of drug-likeness (QED) is 0.705. The third-order valence-electron chi connectivity index (χ3n) is 1.80. The molecule has 0 atom stereocenters. The van der Waals surface area contributed by atoms with Crippen molar-refractivity contribution in [2.24, 2.45) is 0 Å². The Kier molecular flexibility index (Phi) is 1.73. The molecule has 0 saturated carbocycles. The van der Waals surface area contributed by atoms with Crippen LogP contribution in [0.25, 0.3) is 5.82 Å². The van der Waals surface area contributed by atoms with Crippen molar-refractivity contribution in [1.82, 2.24) is 14.8 Å². The number of anilines is 1. The highest BCUT2D eigenvalue weighted by Crippen LogP contribution is 2.10. The number of pyridine rings is 1. The molecule has 0 saturated heterocycles. The van der Waals surface area contributed by atoms with Crippen LogP contribution in [0.5, 0.6) is 0 Å². The summed E-state index contributed by atoms with van der Waals surface area (Å²) < 4.78 is 1.67. The molecule has 0 aromatic carbocycles. The Balaban J connectivity index is 2.52. The first-order valence-electron chi connectivity index (χ1n) is 3.99. The van der Waals surface area contributed by atoms with Gasteiger partial charge in [-0.15, -0.1) is 0 Å². The molecule has 2 heterocycles. The molecule has 0 amide bonds. The fourth-order valence-corrected chi connectivity index (χ4v) is 1.17. The number of aromatic nitrogens is 3. The van der Waals surface area contributed by atoms with Crippen LogP contribution in [0.1, 0.15) is 5.56 Å². The molecule has 2 rings (SSSR count). The summed E-state index contributed by atoms with van der Waals surface area (Å²) in [5.74, 6) is 0.819. The maximum absolute atomic E-state index is 5.55. The molecule has 0 aliphatic carbocycles. The fourth-order valence-electron chi connectivity index (χ4n) is 1.17. The molecule has 2 N–H and O–H groups in total. The normalized spacial score (nSPS) is 10.2. The van der Waals surface area contributed by atoms with Crippen LogP contribution in [0.4, 0.5) is 5.69 Å². The molecular weight excluding hydrogens is 164 g/mol. The van der Waals surface area contributed by atoms with E-state index in [2.05, 4.69) is 10.1 Å². The summed E-state index contributed by atoms with van der Waals surface area (Å²) in [6, 6.07) is 3.88. The van der Waals surface area contributed by atoms with Crippen LogP contribution >= 0.6 is 0 Å². The van der Waals surface area contributed by atoms with Gasteiger partial charge in [0.25, 0.3) is 0 Å². The zero-order valence-corrected chi connectivity index (χ0v) is 7.31. The average Bonchev–Trinajstić information content (AvgIpc) is 2.53. The molecule has 0 aliphatic rings. The highest BCUT2D eigenvalue weighted by atomic mass is 15.3. The van der Waals surface area contributed by atoms with Crippen molar-refractivity contribution < 1.29 is 0 Å².